The van der Waals surface area contributed by atoms with Crippen LogP contribution in [-0.4, -0.2) is 58.4 Å². The van der Waals surface area contributed by atoms with Crippen molar-refractivity contribution in [1.29, 1.82) is 5.26 Å². The smallest absolute Gasteiger partial charge is 0.432 e. The lowest BCUT2D eigenvalue weighted by molar-refractivity contribution is -0.0577. The summed E-state index contributed by atoms with van der Waals surface area (Å²) in [5, 5.41) is 12.5. The molecule has 0 bridgehead atoms. The second kappa shape index (κ2) is 13.6. The van der Waals surface area contributed by atoms with Crippen molar-refractivity contribution in [2.45, 2.75) is 20.0 Å². The van der Waals surface area contributed by atoms with E-state index in [1.807, 2.05) is 0 Å². The lowest BCUT2D eigenvalue weighted by atomic mass is 10.1. The Morgan fingerprint density at radius 3 is 2.47 bits per heavy atom. The van der Waals surface area contributed by atoms with Crippen LogP contribution in [0.1, 0.15) is 25.0 Å². The molecule has 0 aromatic heterocycles. The largest absolute Gasteiger partial charge is 0.490 e. The van der Waals surface area contributed by atoms with Gasteiger partial charge >= 0.3 is 6.18 Å². The van der Waals surface area contributed by atoms with Crippen LogP contribution >= 0.6 is 0 Å². The minimum Gasteiger partial charge on any atom is -0.490 e. The third kappa shape index (κ3) is 8.58. The Kier molecular flexibility index (Phi) is 11.3. The van der Waals surface area contributed by atoms with Crippen molar-refractivity contribution < 1.29 is 22.6 Å². The molecule has 0 atom stereocenters. The fourth-order valence-corrected chi connectivity index (χ4v) is 2.57. The summed E-state index contributed by atoms with van der Waals surface area (Å²) < 4.78 is 49.1. The molecule has 0 heterocycles. The predicted octanol–water partition coefficient (Wildman–Crippen LogP) is 3.81. The Labute approximate surface area is 196 Å². The lowest BCUT2D eigenvalue weighted by Gasteiger charge is -2.15. The van der Waals surface area contributed by atoms with Gasteiger partial charge in [-0.2, -0.15) is 18.4 Å². The summed E-state index contributed by atoms with van der Waals surface area (Å²) in [7, 11) is 4.11. The highest BCUT2D eigenvalue weighted by Gasteiger charge is 2.33. The molecule has 0 radical (unpaired) electrons. The van der Waals surface area contributed by atoms with Crippen LogP contribution in [0.15, 0.2) is 56.4 Å². The van der Waals surface area contributed by atoms with Gasteiger partial charge in [-0.3, -0.25) is 15.0 Å². The maximum absolute atomic E-state index is 12.8. The van der Waals surface area contributed by atoms with Gasteiger partial charge in [0, 0.05) is 44.8 Å². The number of hydrogen-bond acceptors (Lipinski definition) is 7. The average molecular weight is 477 g/mol. The number of benzene rings is 1. The van der Waals surface area contributed by atoms with Gasteiger partial charge in [0.25, 0.3) is 0 Å². The number of hydrogen-bond donors (Lipinski definition) is 2. The zero-order chi connectivity index (χ0) is 25.7. The topological polar surface area (TPSA) is 117 Å². The zero-order valence-electron chi connectivity index (χ0n) is 19.6. The highest BCUT2D eigenvalue weighted by molar-refractivity contribution is 6.05. The van der Waals surface area contributed by atoms with E-state index in [-0.39, 0.29) is 12.3 Å². The third-order valence-electron chi connectivity index (χ3n) is 4.11. The number of rotatable bonds is 9. The van der Waals surface area contributed by atoms with Crippen LogP contribution in [0.25, 0.3) is 0 Å². The Balaban J connectivity index is 3.35. The van der Waals surface area contributed by atoms with E-state index in [9.17, 15) is 18.4 Å². The summed E-state index contributed by atoms with van der Waals surface area (Å²) in [6.07, 6.45) is -1.13. The number of alkyl halides is 3. The minimum absolute atomic E-state index is 0.183. The van der Waals surface area contributed by atoms with Crippen molar-refractivity contribution in [1.82, 2.24) is 5.32 Å². The Hall–Kier alpha value is -3.87. The Morgan fingerprint density at radius 2 is 1.94 bits per heavy atom. The van der Waals surface area contributed by atoms with Gasteiger partial charge in [0.1, 0.15) is 30.0 Å². The number of allylic oxidation sites excluding steroid dienone is 2. The molecule has 1 aromatic rings. The molecule has 34 heavy (non-hydrogen) atoms. The zero-order valence-corrected chi connectivity index (χ0v) is 19.6. The van der Waals surface area contributed by atoms with E-state index in [1.165, 1.54) is 13.2 Å². The van der Waals surface area contributed by atoms with Gasteiger partial charge in [-0.1, -0.05) is 5.73 Å². The van der Waals surface area contributed by atoms with E-state index < -0.39 is 11.9 Å². The number of nitrogens with zero attached hydrogens (tertiary/aromatic N) is 4. The standard InChI is InChI=1S/C23H27F3N6O2/c1-6-31-19-11-16(14-27)20(34-10-9-33-5)13-18(19)22(30-4)32-15(2)7-8-17(28)12-21(29-3)23(24,25)26/h6,8,11-13H,9-10,28H2,1-5H3,(H,30,32)/b17-12+,29-21+,31-6+. The van der Waals surface area contributed by atoms with Crippen molar-refractivity contribution >= 4 is 23.4 Å². The molecule has 1 aromatic carbocycles. The number of nitriles is 1. The number of halogens is 3. The van der Waals surface area contributed by atoms with Crippen LogP contribution in [0, 0.1) is 11.3 Å². The lowest BCUT2D eigenvalue weighted by Crippen LogP contribution is -2.23. The van der Waals surface area contributed by atoms with Crippen molar-refractivity contribution in [2.24, 2.45) is 20.7 Å². The van der Waals surface area contributed by atoms with Crippen LogP contribution in [0.3, 0.4) is 0 Å². The molecule has 3 N–H and O–H groups in total. The molecular weight excluding hydrogens is 449 g/mol. The molecule has 0 spiro atoms. The first-order chi connectivity index (χ1) is 16.1. The van der Waals surface area contributed by atoms with Gasteiger partial charge < -0.3 is 20.5 Å². The quantitative estimate of drug-likeness (QED) is 0.185. The first-order valence-corrected chi connectivity index (χ1v) is 9.98. The number of ether oxygens (including phenoxy) is 2. The average Bonchev–Trinajstić information content (AvgIpc) is 2.79. The molecule has 0 aliphatic heterocycles. The molecular formula is C23H27F3N6O2. The SMILES string of the molecule is C/C=N/c1cc(C#N)c(OCCOC)cc1/C(=N\C)NC(C)=C=C/C(N)=C\C(=N/C)C(F)(F)F. The molecule has 0 amide bonds. The minimum atomic E-state index is -4.61. The molecule has 8 nitrogen and oxygen atoms in total. The highest BCUT2D eigenvalue weighted by Crippen LogP contribution is 2.29. The summed E-state index contributed by atoms with van der Waals surface area (Å²) >= 11 is 0. The summed E-state index contributed by atoms with van der Waals surface area (Å²) in [6, 6.07) is 5.28. The number of nitrogens with two attached hydrogens (primary N) is 1. The first kappa shape index (κ1) is 28.2. The second-order valence-corrected chi connectivity index (χ2v) is 6.57. The van der Waals surface area contributed by atoms with E-state index in [4.69, 9.17) is 15.2 Å². The molecule has 182 valence electrons. The van der Waals surface area contributed by atoms with Crippen LogP contribution in [0.2, 0.25) is 0 Å². The van der Waals surface area contributed by atoms with Crippen LogP contribution in [0.5, 0.6) is 5.75 Å². The number of methoxy groups -OCH3 is 1. The van der Waals surface area contributed by atoms with Crippen LogP contribution < -0.4 is 15.8 Å². The Bertz CT molecular complexity index is 1090. The molecule has 0 saturated carbocycles. The van der Waals surface area contributed by atoms with Crippen LogP contribution in [0.4, 0.5) is 18.9 Å². The van der Waals surface area contributed by atoms with Crippen molar-refractivity contribution in [2.75, 3.05) is 34.4 Å². The van der Waals surface area contributed by atoms with E-state index >= 15 is 0 Å². The van der Waals surface area contributed by atoms with E-state index in [1.54, 1.807) is 39.2 Å². The monoisotopic (exact) mass is 476 g/mol. The van der Waals surface area contributed by atoms with Gasteiger partial charge in [-0.05, 0) is 32.1 Å². The molecule has 0 fully saturated rings. The van der Waals surface area contributed by atoms with Gasteiger partial charge in [-0.15, -0.1) is 0 Å². The van der Waals surface area contributed by atoms with Gasteiger partial charge in [-0.25, -0.2) is 0 Å². The van der Waals surface area contributed by atoms with Crippen molar-refractivity contribution in [3.05, 3.63) is 52.5 Å². The summed E-state index contributed by atoms with van der Waals surface area (Å²) in [5.74, 6) is 0.698. The second-order valence-electron chi connectivity index (χ2n) is 6.57. The third-order valence-corrected chi connectivity index (χ3v) is 4.11. The molecule has 0 aliphatic carbocycles. The molecule has 11 heteroatoms. The Morgan fingerprint density at radius 1 is 1.24 bits per heavy atom. The number of aliphatic imine (C=N–C) groups is 3. The van der Waals surface area contributed by atoms with Gasteiger partial charge in [0.15, 0.2) is 0 Å². The van der Waals surface area contributed by atoms with E-state index in [2.05, 4.69) is 32.1 Å². The van der Waals surface area contributed by atoms with E-state index in [0.717, 1.165) is 7.05 Å². The summed E-state index contributed by atoms with van der Waals surface area (Å²) in [6.45, 7) is 3.94. The molecule has 0 aliphatic rings. The van der Waals surface area contributed by atoms with Gasteiger partial charge in [0.05, 0.1) is 23.6 Å². The highest BCUT2D eigenvalue weighted by atomic mass is 19.4. The summed E-state index contributed by atoms with van der Waals surface area (Å²) in [4.78, 5) is 11.7. The normalized spacial score (nSPS) is 12.9. The molecule has 0 unspecified atom stereocenters. The first-order valence-electron chi connectivity index (χ1n) is 9.98. The maximum Gasteiger partial charge on any atom is 0.432 e. The fourth-order valence-electron chi connectivity index (χ4n) is 2.57. The number of amidine groups is 1. The van der Waals surface area contributed by atoms with E-state index in [0.29, 0.717) is 46.8 Å². The maximum atomic E-state index is 12.8. The fraction of sp³-hybridized carbons (Fsp3) is 0.348. The van der Waals surface area contributed by atoms with Crippen LogP contribution in [-0.2, 0) is 4.74 Å². The predicted molar refractivity (Wildman–Crippen MR) is 127 cm³/mol. The van der Waals surface area contributed by atoms with Gasteiger partial charge in [0.2, 0.25) is 0 Å². The van der Waals surface area contributed by atoms with Crippen molar-refractivity contribution in [3.8, 4) is 11.8 Å². The summed E-state index contributed by atoms with van der Waals surface area (Å²) in [5.41, 5.74) is 8.85. The van der Waals surface area contributed by atoms with Crippen molar-refractivity contribution in [3.63, 3.8) is 0 Å². The molecule has 1 rings (SSSR count). The number of nitrogens with one attached hydrogen (secondary N) is 1. The molecule has 0 saturated heterocycles.